The van der Waals surface area contributed by atoms with Crippen molar-refractivity contribution in [3.05, 3.63) is 84.6 Å². The lowest BCUT2D eigenvalue weighted by molar-refractivity contribution is 0.175. The minimum Gasteiger partial charge on any atom is -0.497 e. The quantitative estimate of drug-likeness (QED) is 0.245. The number of benzene rings is 2. The third kappa shape index (κ3) is 3.95. The van der Waals surface area contributed by atoms with Gasteiger partial charge < -0.3 is 14.1 Å². The van der Waals surface area contributed by atoms with Crippen LogP contribution in [0.2, 0.25) is 0 Å². The summed E-state index contributed by atoms with van der Waals surface area (Å²) in [5.41, 5.74) is 6.22. The molecule has 0 bridgehead atoms. The Labute approximate surface area is 160 Å². The van der Waals surface area contributed by atoms with Gasteiger partial charge in [-0.25, -0.2) is 0 Å². The van der Waals surface area contributed by atoms with E-state index in [9.17, 15) is 0 Å². The number of methoxy groups -OCH3 is 1. The molecule has 0 fully saturated rings. The molecule has 0 radical (unpaired) electrons. The first kappa shape index (κ1) is 18.5. The zero-order chi connectivity index (χ0) is 19.2. The molecule has 1 heterocycles. The Balaban J connectivity index is 2.18. The van der Waals surface area contributed by atoms with Gasteiger partial charge in [0, 0.05) is 23.0 Å². The summed E-state index contributed by atoms with van der Waals surface area (Å²) in [6, 6.07) is 20.5. The second-order valence-corrected chi connectivity index (χ2v) is 6.19. The first-order valence-electron chi connectivity index (χ1n) is 8.85. The summed E-state index contributed by atoms with van der Waals surface area (Å²) in [5.74, 6) is 0.820. The highest BCUT2D eigenvalue weighted by Gasteiger charge is 2.17. The molecular weight excluding hydrogens is 336 g/mol. The summed E-state index contributed by atoms with van der Waals surface area (Å²) in [5, 5.41) is 4.23. The van der Waals surface area contributed by atoms with Crippen LogP contribution in [0.1, 0.15) is 18.2 Å². The molecule has 3 rings (SSSR count). The SMILES string of the molecule is C=CCO/N=C(/C)c1cc(-c2ccccc2)n(-c2cccc(OC)c2)c1C. The van der Waals surface area contributed by atoms with Gasteiger partial charge >= 0.3 is 0 Å². The third-order valence-electron chi connectivity index (χ3n) is 4.41. The number of oxime groups is 1. The topological polar surface area (TPSA) is 35.8 Å². The zero-order valence-corrected chi connectivity index (χ0v) is 16.0. The molecule has 0 unspecified atom stereocenters. The van der Waals surface area contributed by atoms with Crippen LogP contribution < -0.4 is 4.74 Å². The third-order valence-corrected chi connectivity index (χ3v) is 4.41. The Kier molecular flexibility index (Phi) is 5.77. The first-order valence-corrected chi connectivity index (χ1v) is 8.85. The molecule has 1 aromatic heterocycles. The van der Waals surface area contributed by atoms with E-state index in [1.165, 1.54) is 0 Å². The van der Waals surface area contributed by atoms with Gasteiger partial charge in [0.15, 0.2) is 0 Å². The Hall–Kier alpha value is -3.27. The highest BCUT2D eigenvalue weighted by Crippen LogP contribution is 2.31. The summed E-state index contributed by atoms with van der Waals surface area (Å²) < 4.78 is 7.64. The van der Waals surface area contributed by atoms with Crippen molar-refractivity contribution in [3.63, 3.8) is 0 Å². The van der Waals surface area contributed by atoms with Crippen molar-refractivity contribution in [2.24, 2.45) is 5.16 Å². The monoisotopic (exact) mass is 360 g/mol. The van der Waals surface area contributed by atoms with Crippen LogP contribution in [-0.4, -0.2) is 24.0 Å². The number of hydrogen-bond donors (Lipinski definition) is 0. The number of rotatable bonds is 7. The Bertz CT molecular complexity index is 956. The number of nitrogens with zero attached hydrogens (tertiary/aromatic N) is 2. The van der Waals surface area contributed by atoms with Gasteiger partial charge in [-0.1, -0.05) is 54.2 Å². The van der Waals surface area contributed by atoms with E-state index in [2.05, 4.69) is 47.5 Å². The fourth-order valence-electron chi connectivity index (χ4n) is 3.11. The van der Waals surface area contributed by atoms with Crippen molar-refractivity contribution in [2.45, 2.75) is 13.8 Å². The lowest BCUT2D eigenvalue weighted by Crippen LogP contribution is -2.03. The van der Waals surface area contributed by atoms with Crippen LogP contribution >= 0.6 is 0 Å². The Morgan fingerprint density at radius 3 is 2.59 bits per heavy atom. The van der Waals surface area contributed by atoms with Gasteiger partial charge in [-0.2, -0.15) is 0 Å². The number of aromatic nitrogens is 1. The maximum atomic E-state index is 5.42. The molecule has 0 amide bonds. The van der Waals surface area contributed by atoms with Crippen molar-refractivity contribution in [1.82, 2.24) is 4.57 Å². The van der Waals surface area contributed by atoms with Gasteiger partial charge in [0.1, 0.15) is 12.4 Å². The largest absolute Gasteiger partial charge is 0.497 e. The molecule has 2 aromatic carbocycles. The molecule has 0 aliphatic carbocycles. The summed E-state index contributed by atoms with van der Waals surface area (Å²) in [6.45, 7) is 8.08. The number of ether oxygens (including phenoxy) is 1. The van der Waals surface area contributed by atoms with Crippen LogP contribution in [0.25, 0.3) is 16.9 Å². The van der Waals surface area contributed by atoms with Gasteiger partial charge in [0.25, 0.3) is 0 Å². The average Bonchev–Trinajstić information content (AvgIpc) is 3.06. The fraction of sp³-hybridized carbons (Fsp3) is 0.174. The zero-order valence-electron chi connectivity index (χ0n) is 16.0. The molecule has 0 aliphatic heterocycles. The highest BCUT2D eigenvalue weighted by molar-refractivity contribution is 6.01. The molecule has 27 heavy (non-hydrogen) atoms. The molecule has 138 valence electrons. The van der Waals surface area contributed by atoms with E-state index in [-0.39, 0.29) is 0 Å². The van der Waals surface area contributed by atoms with Crippen molar-refractivity contribution in [1.29, 1.82) is 0 Å². The summed E-state index contributed by atoms with van der Waals surface area (Å²) in [6.07, 6.45) is 1.68. The predicted octanol–water partition coefficient (Wildman–Crippen LogP) is 5.39. The lowest BCUT2D eigenvalue weighted by atomic mass is 10.1. The van der Waals surface area contributed by atoms with Crippen LogP contribution in [0.4, 0.5) is 0 Å². The molecular formula is C23H24N2O2. The molecule has 0 saturated heterocycles. The van der Waals surface area contributed by atoms with Crippen molar-refractivity contribution < 1.29 is 9.57 Å². The van der Waals surface area contributed by atoms with E-state index in [4.69, 9.17) is 9.57 Å². The normalized spacial score (nSPS) is 11.3. The second-order valence-electron chi connectivity index (χ2n) is 6.19. The van der Waals surface area contributed by atoms with Crippen LogP contribution in [0.5, 0.6) is 5.75 Å². The van der Waals surface area contributed by atoms with Gasteiger partial charge in [-0.05, 0) is 37.6 Å². The van der Waals surface area contributed by atoms with E-state index < -0.39 is 0 Å². The fourth-order valence-corrected chi connectivity index (χ4v) is 3.11. The van der Waals surface area contributed by atoms with Gasteiger partial charge in [-0.15, -0.1) is 0 Å². The summed E-state index contributed by atoms with van der Waals surface area (Å²) in [7, 11) is 1.68. The average molecular weight is 360 g/mol. The van der Waals surface area contributed by atoms with Gasteiger partial charge in [0.2, 0.25) is 0 Å². The first-order chi connectivity index (χ1) is 13.2. The minimum atomic E-state index is 0.387. The molecule has 0 saturated carbocycles. The smallest absolute Gasteiger partial charge is 0.135 e. The molecule has 0 spiro atoms. The van der Waals surface area contributed by atoms with Gasteiger partial charge in [0.05, 0.1) is 18.5 Å². The van der Waals surface area contributed by atoms with Crippen LogP contribution in [-0.2, 0) is 4.84 Å². The van der Waals surface area contributed by atoms with E-state index in [0.29, 0.717) is 6.61 Å². The molecule has 3 aromatic rings. The molecule has 4 nitrogen and oxygen atoms in total. The molecule has 0 aliphatic rings. The van der Waals surface area contributed by atoms with Crippen LogP contribution in [0, 0.1) is 6.92 Å². The Morgan fingerprint density at radius 2 is 1.89 bits per heavy atom. The summed E-state index contributed by atoms with van der Waals surface area (Å²) in [4.78, 5) is 5.29. The van der Waals surface area contributed by atoms with Crippen molar-refractivity contribution >= 4 is 5.71 Å². The minimum absolute atomic E-state index is 0.387. The molecule has 4 heteroatoms. The Morgan fingerprint density at radius 1 is 1.11 bits per heavy atom. The standard InChI is InChI=1S/C23H24N2O2/c1-5-14-27-24-17(2)22-16-23(19-10-7-6-8-11-19)25(18(22)3)20-12-9-13-21(15-20)26-4/h5-13,15-16H,1,14H2,2-4H3/b24-17-. The summed E-state index contributed by atoms with van der Waals surface area (Å²) >= 11 is 0. The van der Waals surface area contributed by atoms with E-state index >= 15 is 0 Å². The number of hydrogen-bond acceptors (Lipinski definition) is 3. The molecule has 0 N–H and O–H groups in total. The van der Waals surface area contributed by atoms with Crippen LogP contribution in [0.3, 0.4) is 0 Å². The van der Waals surface area contributed by atoms with Crippen molar-refractivity contribution in [2.75, 3.05) is 13.7 Å². The van der Waals surface area contributed by atoms with Gasteiger partial charge in [-0.3, -0.25) is 0 Å². The highest BCUT2D eigenvalue weighted by atomic mass is 16.6. The van der Waals surface area contributed by atoms with E-state index in [0.717, 1.165) is 39.7 Å². The van der Waals surface area contributed by atoms with E-state index in [1.807, 2.05) is 43.3 Å². The van der Waals surface area contributed by atoms with Crippen LogP contribution in [0.15, 0.2) is 78.5 Å². The maximum Gasteiger partial charge on any atom is 0.135 e. The molecule has 0 atom stereocenters. The van der Waals surface area contributed by atoms with E-state index in [1.54, 1.807) is 13.2 Å². The second kappa shape index (κ2) is 8.41. The predicted molar refractivity (Wildman–Crippen MR) is 111 cm³/mol. The lowest BCUT2D eigenvalue weighted by Gasteiger charge is -2.13. The maximum absolute atomic E-state index is 5.42. The van der Waals surface area contributed by atoms with Crippen molar-refractivity contribution in [3.8, 4) is 22.7 Å².